The van der Waals surface area contributed by atoms with E-state index < -0.39 is 11.6 Å². The van der Waals surface area contributed by atoms with Crippen LogP contribution in [0.2, 0.25) is 0 Å². The van der Waals surface area contributed by atoms with Crippen molar-refractivity contribution < 1.29 is 21.2 Å². The zero-order valence-electron chi connectivity index (χ0n) is 16.3. The summed E-state index contributed by atoms with van der Waals surface area (Å²) in [4.78, 5) is 11.7. The van der Waals surface area contributed by atoms with Gasteiger partial charge in [0.2, 0.25) is 0 Å². The first-order valence-corrected chi connectivity index (χ1v) is 9.41. The maximum absolute atomic E-state index is 11.7. The number of phenols is 1. The molecule has 1 aromatic carbocycles. The summed E-state index contributed by atoms with van der Waals surface area (Å²) in [6.07, 6.45) is 11.2. The molecular formula is C22H32O4. The average molecular weight is 360 g/mol. The van der Waals surface area contributed by atoms with E-state index in [-0.39, 0.29) is 12.7 Å². The first-order valence-electron chi connectivity index (χ1n) is 9.41. The fraction of sp³-hybridized carbons (Fsp3) is 0.500. The molecule has 2 rings (SSSR count). The molecule has 2 N–H and O–H groups in total. The topological polar surface area (TPSA) is 66.8 Å². The first-order chi connectivity index (χ1) is 12.3. The highest BCUT2D eigenvalue weighted by atomic mass is 16.5. The number of unbranched alkanes of at least 4 members (excludes halogenated alkanes) is 2. The molecule has 0 aromatic heterocycles. The van der Waals surface area contributed by atoms with E-state index in [2.05, 4.69) is 26.8 Å². The molecule has 0 radical (unpaired) electrons. The van der Waals surface area contributed by atoms with E-state index in [0.717, 1.165) is 32.1 Å². The van der Waals surface area contributed by atoms with Crippen LogP contribution < -0.4 is 4.74 Å². The quantitative estimate of drug-likeness (QED) is 0.442. The van der Waals surface area contributed by atoms with Crippen molar-refractivity contribution in [3.63, 3.8) is 0 Å². The molecule has 0 saturated carbocycles. The van der Waals surface area contributed by atoms with Crippen LogP contribution in [0.4, 0.5) is 0 Å². The van der Waals surface area contributed by atoms with E-state index >= 15 is 0 Å². The van der Waals surface area contributed by atoms with Gasteiger partial charge >= 0.3 is 5.97 Å². The molecule has 4 nitrogen and oxygen atoms in total. The number of benzene rings is 1. The number of hydrogen-bond acceptors (Lipinski definition) is 3. The van der Waals surface area contributed by atoms with E-state index in [1.807, 2.05) is 13.0 Å². The Morgan fingerprint density at radius 3 is 2.69 bits per heavy atom. The zero-order valence-corrected chi connectivity index (χ0v) is 16.3. The lowest BCUT2D eigenvalue weighted by molar-refractivity contribution is 0.0692. The normalized spacial score (nSPS) is 18.2. The molecule has 0 amide bonds. The van der Waals surface area contributed by atoms with Gasteiger partial charge in [-0.3, -0.25) is 0 Å². The number of hydrogen-bond donors (Lipinski definition) is 2. The number of allylic oxidation sites excluding steroid dienone is 2. The summed E-state index contributed by atoms with van der Waals surface area (Å²) in [5, 5.41) is 20.1. The van der Waals surface area contributed by atoms with Crippen molar-refractivity contribution >= 4 is 12.0 Å². The summed E-state index contributed by atoms with van der Waals surface area (Å²) in [6.45, 7) is 8.27. The second-order valence-corrected chi connectivity index (χ2v) is 7.50. The third-order valence-corrected chi connectivity index (χ3v) is 4.79. The van der Waals surface area contributed by atoms with Gasteiger partial charge < -0.3 is 14.9 Å². The maximum Gasteiger partial charge on any atom is 0.339 e. The average Bonchev–Trinajstić information content (AvgIpc) is 2.54. The smallest absolute Gasteiger partial charge is 0.339 e. The zero-order chi connectivity index (χ0) is 19.3. The molecule has 26 heavy (non-hydrogen) atoms. The Morgan fingerprint density at radius 1 is 1.35 bits per heavy atom. The Bertz CT molecular complexity index is 732. The fourth-order valence-corrected chi connectivity index (χ4v) is 3.29. The largest absolute Gasteiger partial charge is 0.506 e. The molecule has 0 saturated heterocycles. The van der Waals surface area contributed by atoms with Crippen molar-refractivity contribution in [1.82, 2.24) is 0 Å². The second kappa shape index (κ2) is 8.43. The van der Waals surface area contributed by atoms with Crippen molar-refractivity contribution in [1.29, 1.82) is 0 Å². The van der Waals surface area contributed by atoms with Gasteiger partial charge in [-0.25, -0.2) is 4.79 Å². The molecular weight excluding hydrogens is 328 g/mol. The Balaban J connectivity index is 0.00000364. The predicted octanol–water partition coefficient (Wildman–Crippen LogP) is 5.98. The molecule has 0 bridgehead atoms. The van der Waals surface area contributed by atoms with Gasteiger partial charge in [0.25, 0.3) is 0 Å². The molecule has 1 aromatic rings. The number of fused-ring (bicyclic) bond motifs is 1. The molecule has 1 heterocycles. The highest BCUT2D eigenvalue weighted by Crippen LogP contribution is 2.42. The lowest BCUT2D eigenvalue weighted by Gasteiger charge is -2.32. The Kier molecular flexibility index (Phi) is 6.52. The summed E-state index contributed by atoms with van der Waals surface area (Å²) < 4.78 is 6.19. The Hall–Kier alpha value is -2.23. The SMILES string of the molecule is CCCCCc1cc2c(c(O)c1C(=O)O)C=CC(C)(CCC=C(C)C)O2.[HH]. The predicted molar refractivity (Wildman–Crippen MR) is 107 cm³/mol. The number of ether oxygens (including phenoxy) is 1. The van der Waals surface area contributed by atoms with Gasteiger partial charge in [-0.2, -0.15) is 0 Å². The third kappa shape index (κ3) is 4.69. The Morgan fingerprint density at radius 2 is 2.08 bits per heavy atom. The molecule has 1 atom stereocenters. The minimum Gasteiger partial charge on any atom is -0.506 e. The highest BCUT2D eigenvalue weighted by Gasteiger charge is 2.31. The van der Waals surface area contributed by atoms with E-state index in [1.165, 1.54) is 5.57 Å². The van der Waals surface area contributed by atoms with Crippen LogP contribution in [-0.4, -0.2) is 21.8 Å². The standard InChI is InChI=1S/C22H30O4.H2/c1-5-6-7-10-16-14-18-17(20(23)19(16)21(24)25)11-13-22(4,26-18)12-8-9-15(2)3;/h9,11,13-14,23H,5-8,10,12H2,1-4H3,(H,24,25);1H. The van der Waals surface area contributed by atoms with Crippen LogP contribution in [0.1, 0.15) is 82.7 Å². The van der Waals surface area contributed by atoms with Crippen molar-refractivity contribution in [2.45, 2.75) is 71.8 Å². The molecule has 0 fully saturated rings. The van der Waals surface area contributed by atoms with E-state index in [4.69, 9.17) is 4.74 Å². The van der Waals surface area contributed by atoms with Gasteiger partial charge in [0.1, 0.15) is 22.7 Å². The lowest BCUT2D eigenvalue weighted by Crippen LogP contribution is -2.32. The summed E-state index contributed by atoms with van der Waals surface area (Å²) in [7, 11) is 0. The maximum atomic E-state index is 11.7. The number of aromatic carboxylic acids is 1. The van der Waals surface area contributed by atoms with Crippen LogP contribution in [0, 0.1) is 0 Å². The lowest BCUT2D eigenvalue weighted by atomic mass is 9.91. The summed E-state index contributed by atoms with van der Waals surface area (Å²) in [5.41, 5.74) is 1.92. The minimum absolute atomic E-state index is 0. The van der Waals surface area contributed by atoms with E-state index in [0.29, 0.717) is 23.3 Å². The van der Waals surface area contributed by atoms with Gasteiger partial charge in [0.05, 0.1) is 5.56 Å². The van der Waals surface area contributed by atoms with Gasteiger partial charge in [0, 0.05) is 1.43 Å². The molecule has 0 aliphatic carbocycles. The van der Waals surface area contributed by atoms with Gasteiger partial charge in [-0.15, -0.1) is 0 Å². The molecule has 1 unspecified atom stereocenters. The number of carbonyl (C=O) groups is 1. The number of carboxylic acid groups (broad SMARTS) is 1. The van der Waals surface area contributed by atoms with Crippen molar-refractivity contribution in [3.8, 4) is 11.5 Å². The van der Waals surface area contributed by atoms with Gasteiger partial charge in [0.15, 0.2) is 0 Å². The molecule has 4 heteroatoms. The van der Waals surface area contributed by atoms with Crippen molar-refractivity contribution in [2.24, 2.45) is 0 Å². The third-order valence-electron chi connectivity index (χ3n) is 4.79. The summed E-state index contributed by atoms with van der Waals surface area (Å²) in [5.74, 6) is -0.715. The van der Waals surface area contributed by atoms with Crippen molar-refractivity contribution in [2.75, 3.05) is 0 Å². The van der Waals surface area contributed by atoms with Crippen LogP contribution in [0.15, 0.2) is 23.8 Å². The minimum atomic E-state index is -1.10. The summed E-state index contributed by atoms with van der Waals surface area (Å²) >= 11 is 0. The van der Waals surface area contributed by atoms with Crippen molar-refractivity contribution in [3.05, 3.63) is 40.5 Å². The fourth-order valence-electron chi connectivity index (χ4n) is 3.29. The summed E-state index contributed by atoms with van der Waals surface area (Å²) in [6, 6.07) is 1.80. The van der Waals surface area contributed by atoms with Crippen LogP contribution in [0.5, 0.6) is 11.5 Å². The number of carboxylic acids is 1. The first kappa shape index (κ1) is 20.1. The van der Waals surface area contributed by atoms with E-state index in [9.17, 15) is 15.0 Å². The number of rotatable bonds is 8. The number of aromatic hydroxyl groups is 1. The molecule has 1 aliphatic heterocycles. The molecule has 1 aliphatic rings. The van der Waals surface area contributed by atoms with E-state index in [1.54, 1.807) is 12.1 Å². The van der Waals surface area contributed by atoms with Crippen LogP contribution >= 0.6 is 0 Å². The molecule has 144 valence electrons. The Labute approximate surface area is 157 Å². The van der Waals surface area contributed by atoms with Crippen LogP contribution in [0.3, 0.4) is 0 Å². The van der Waals surface area contributed by atoms with Gasteiger partial charge in [-0.05, 0) is 70.2 Å². The van der Waals surface area contributed by atoms with Crippen LogP contribution in [0.25, 0.3) is 6.08 Å². The molecule has 0 spiro atoms. The monoisotopic (exact) mass is 360 g/mol. The second-order valence-electron chi connectivity index (χ2n) is 7.50. The van der Waals surface area contributed by atoms with Gasteiger partial charge in [-0.1, -0.05) is 31.4 Å². The number of aryl methyl sites for hydroxylation is 1. The highest BCUT2D eigenvalue weighted by molar-refractivity contribution is 5.95. The van der Waals surface area contributed by atoms with Crippen LogP contribution in [-0.2, 0) is 6.42 Å².